The number of ether oxygens (including phenoxy) is 1. The number of anilines is 2. The number of benzene rings is 1. The van der Waals surface area contributed by atoms with Crippen LogP contribution in [-0.2, 0) is 22.2 Å². The van der Waals surface area contributed by atoms with Gasteiger partial charge in [0.1, 0.15) is 24.0 Å². The third kappa shape index (κ3) is 6.06. The van der Waals surface area contributed by atoms with Gasteiger partial charge in [-0.3, -0.25) is 24.3 Å². The van der Waals surface area contributed by atoms with Crippen LogP contribution < -0.4 is 20.3 Å². The van der Waals surface area contributed by atoms with Gasteiger partial charge in [0.05, 0.1) is 24.0 Å². The summed E-state index contributed by atoms with van der Waals surface area (Å²) >= 11 is 5.64. The number of primary amides is 1. The van der Waals surface area contributed by atoms with Crippen LogP contribution in [0.15, 0.2) is 30.5 Å². The van der Waals surface area contributed by atoms with Crippen LogP contribution >= 0.6 is 24.6 Å². The molecule has 2 aromatic rings. The van der Waals surface area contributed by atoms with Crippen LogP contribution in [0.3, 0.4) is 0 Å². The highest BCUT2D eigenvalue weighted by Gasteiger charge is 2.51. The standard InChI is InChI=1S/C29H32F3N7O3S.ClH/c1-4-17-9-18(5-6-24(17)42-8-7-36-14-21-10-20(36)15-37(21)16-25(34)40)39-27(43)38(26(41)28(39,2)3)19-11-22(29(30,31)32)23(12-33)35-13-19;/h5-6,9,11,13,20-21H,4,7-8,10,14-16H2,1-3H3,(H2,34,40);1H/t20-,21-;/m0./s1. The van der Waals surface area contributed by atoms with Gasteiger partial charge in [-0.15, -0.1) is 12.4 Å². The van der Waals surface area contributed by atoms with E-state index >= 15 is 0 Å². The van der Waals surface area contributed by atoms with Crippen molar-refractivity contribution < 1.29 is 27.5 Å². The molecule has 0 radical (unpaired) electrons. The third-order valence-electron chi connectivity index (χ3n) is 8.36. The molecule has 3 fully saturated rings. The zero-order valence-electron chi connectivity index (χ0n) is 24.4. The van der Waals surface area contributed by atoms with Crippen LogP contribution in [0.25, 0.3) is 0 Å². The Morgan fingerprint density at radius 3 is 2.48 bits per heavy atom. The molecule has 5 rings (SSSR count). The normalized spacial score (nSPS) is 21.5. The van der Waals surface area contributed by atoms with Gasteiger partial charge in [0.2, 0.25) is 5.91 Å². The first-order valence-corrected chi connectivity index (χ1v) is 14.3. The number of carbonyl (C=O) groups excluding carboxylic acids is 2. The zero-order valence-corrected chi connectivity index (χ0v) is 26.1. The van der Waals surface area contributed by atoms with E-state index in [4.69, 9.17) is 28.0 Å². The van der Waals surface area contributed by atoms with E-state index in [1.165, 1.54) is 6.07 Å². The molecule has 236 valence electrons. The van der Waals surface area contributed by atoms with Crippen LogP contribution in [0.1, 0.15) is 44.0 Å². The van der Waals surface area contributed by atoms with E-state index in [0.29, 0.717) is 36.5 Å². The molecule has 0 saturated carbocycles. The molecule has 1 aromatic carbocycles. The lowest BCUT2D eigenvalue weighted by Gasteiger charge is -2.33. The number of carbonyl (C=O) groups is 2. The number of hydrogen-bond acceptors (Lipinski definition) is 8. The van der Waals surface area contributed by atoms with Gasteiger partial charge >= 0.3 is 6.18 Å². The van der Waals surface area contributed by atoms with E-state index in [2.05, 4.69) is 14.8 Å². The molecule has 10 nitrogen and oxygen atoms in total. The maximum absolute atomic E-state index is 13.6. The summed E-state index contributed by atoms with van der Waals surface area (Å²) in [4.78, 5) is 35.6. The zero-order chi connectivity index (χ0) is 31.3. The lowest BCUT2D eigenvalue weighted by Crippen LogP contribution is -2.49. The number of halogens is 4. The van der Waals surface area contributed by atoms with Gasteiger partial charge in [0.25, 0.3) is 5.91 Å². The summed E-state index contributed by atoms with van der Waals surface area (Å²) in [7, 11) is 0. The number of alkyl halides is 3. The van der Waals surface area contributed by atoms with Gasteiger partial charge in [-0.2, -0.15) is 18.4 Å². The number of pyridine rings is 1. The number of piperazine rings is 1. The van der Waals surface area contributed by atoms with Gasteiger partial charge in [-0.1, -0.05) is 6.92 Å². The number of aromatic nitrogens is 1. The van der Waals surface area contributed by atoms with Crippen molar-refractivity contribution in [2.45, 2.75) is 57.4 Å². The Kier molecular flexibility index (Phi) is 9.46. The van der Waals surface area contributed by atoms with Gasteiger partial charge in [0.15, 0.2) is 10.8 Å². The lowest BCUT2D eigenvalue weighted by atomic mass is 10.0. The smallest absolute Gasteiger partial charge is 0.419 e. The van der Waals surface area contributed by atoms with Crippen LogP contribution in [-0.4, -0.2) is 82.1 Å². The highest BCUT2D eigenvalue weighted by molar-refractivity contribution is 7.81. The molecule has 1 aromatic heterocycles. The molecule has 2 atom stereocenters. The van der Waals surface area contributed by atoms with Crippen molar-refractivity contribution in [3.8, 4) is 11.8 Å². The Balaban J connectivity index is 0.00000442. The quantitative estimate of drug-likeness (QED) is 0.407. The predicted octanol–water partition coefficient (Wildman–Crippen LogP) is 3.50. The van der Waals surface area contributed by atoms with Crippen molar-refractivity contribution in [2.24, 2.45) is 5.73 Å². The van der Waals surface area contributed by atoms with E-state index in [1.54, 1.807) is 24.8 Å². The second-order valence-corrected chi connectivity index (χ2v) is 11.8. The van der Waals surface area contributed by atoms with Crippen LogP contribution in [0, 0.1) is 11.3 Å². The molecule has 0 spiro atoms. The van der Waals surface area contributed by atoms with Crippen LogP contribution in [0.2, 0.25) is 0 Å². The highest BCUT2D eigenvalue weighted by Crippen LogP contribution is 2.40. The Morgan fingerprint density at radius 2 is 1.89 bits per heavy atom. The molecule has 3 saturated heterocycles. The topological polar surface area (TPSA) is 119 Å². The van der Waals surface area contributed by atoms with E-state index in [9.17, 15) is 22.8 Å². The molecular formula is C29H33ClF3N7O3S. The fourth-order valence-electron chi connectivity index (χ4n) is 6.23. The molecule has 3 aliphatic heterocycles. The van der Waals surface area contributed by atoms with Crippen molar-refractivity contribution in [3.63, 3.8) is 0 Å². The molecule has 2 bridgehead atoms. The first kappa shape index (κ1) is 33.4. The van der Waals surface area contributed by atoms with E-state index in [0.717, 1.165) is 48.8 Å². The van der Waals surface area contributed by atoms with Gasteiger partial charge in [0, 0.05) is 37.4 Å². The van der Waals surface area contributed by atoms with Crippen molar-refractivity contribution in [2.75, 3.05) is 42.6 Å². The number of likely N-dealkylation sites (tertiary alicyclic amines) is 2. The summed E-state index contributed by atoms with van der Waals surface area (Å²) in [6.07, 6.45) is -2.14. The number of hydrogen-bond donors (Lipinski definition) is 1. The van der Waals surface area contributed by atoms with Gasteiger partial charge in [-0.05, 0) is 68.7 Å². The molecular weight excluding hydrogens is 619 g/mol. The molecule has 44 heavy (non-hydrogen) atoms. The Bertz CT molecular complexity index is 1520. The minimum absolute atomic E-state index is 0. The summed E-state index contributed by atoms with van der Waals surface area (Å²) in [5.41, 5.74) is 3.44. The predicted molar refractivity (Wildman–Crippen MR) is 164 cm³/mol. The maximum Gasteiger partial charge on any atom is 0.419 e. The molecule has 2 N–H and O–H groups in total. The largest absolute Gasteiger partial charge is 0.492 e. The number of nitrogens with two attached hydrogens (primary N) is 1. The summed E-state index contributed by atoms with van der Waals surface area (Å²) in [5.74, 6) is -0.136. The van der Waals surface area contributed by atoms with Crippen molar-refractivity contribution in [3.05, 3.63) is 47.3 Å². The second kappa shape index (κ2) is 12.5. The van der Waals surface area contributed by atoms with Crippen molar-refractivity contribution in [1.82, 2.24) is 14.8 Å². The summed E-state index contributed by atoms with van der Waals surface area (Å²) in [6, 6.07) is 8.34. The Labute approximate surface area is 264 Å². The number of aryl methyl sites for hydroxylation is 1. The monoisotopic (exact) mass is 651 g/mol. The first-order chi connectivity index (χ1) is 20.3. The highest BCUT2D eigenvalue weighted by atomic mass is 35.5. The SMILES string of the molecule is CCc1cc(N2C(=S)N(c3cnc(C#N)c(C(F)(F)F)c3)C(=O)C2(C)C)ccc1OCCN1C[C@@H]2C[C@H]1CN2CC(N)=O.Cl. The average molecular weight is 652 g/mol. The van der Waals surface area contributed by atoms with E-state index in [-0.39, 0.29) is 35.7 Å². The molecule has 0 unspecified atom stereocenters. The number of nitriles is 1. The summed E-state index contributed by atoms with van der Waals surface area (Å²) in [6.45, 7) is 8.45. The average Bonchev–Trinajstić information content (AvgIpc) is 3.57. The third-order valence-corrected chi connectivity index (χ3v) is 8.72. The Hall–Kier alpha value is -3.51. The van der Waals surface area contributed by atoms with Crippen molar-refractivity contribution >= 4 is 52.9 Å². The fraction of sp³-hybridized carbons (Fsp3) is 0.483. The maximum atomic E-state index is 13.6. The van der Waals surface area contributed by atoms with Crippen molar-refractivity contribution in [1.29, 1.82) is 5.26 Å². The Morgan fingerprint density at radius 1 is 1.20 bits per heavy atom. The molecule has 2 amide bonds. The number of fused-ring (bicyclic) bond motifs is 2. The van der Waals surface area contributed by atoms with E-state index in [1.807, 2.05) is 19.1 Å². The molecule has 3 aliphatic rings. The van der Waals surface area contributed by atoms with Gasteiger partial charge in [-0.25, -0.2) is 4.98 Å². The second-order valence-electron chi connectivity index (χ2n) is 11.4. The minimum atomic E-state index is -4.83. The fourth-order valence-corrected chi connectivity index (χ4v) is 6.75. The lowest BCUT2D eigenvalue weighted by molar-refractivity contribution is -0.138. The number of rotatable bonds is 9. The number of nitrogens with zero attached hydrogens (tertiary/aromatic N) is 6. The van der Waals surface area contributed by atoms with Gasteiger partial charge < -0.3 is 15.4 Å². The number of thiocarbonyl (C=S) groups is 1. The minimum Gasteiger partial charge on any atom is -0.492 e. The van der Waals surface area contributed by atoms with Crippen LogP contribution in [0.5, 0.6) is 5.75 Å². The number of amides is 2. The molecule has 4 heterocycles. The summed E-state index contributed by atoms with van der Waals surface area (Å²) < 4.78 is 47.0. The molecule has 0 aliphatic carbocycles. The molecule has 15 heteroatoms. The first-order valence-electron chi connectivity index (χ1n) is 13.9. The van der Waals surface area contributed by atoms with E-state index < -0.39 is 28.9 Å². The van der Waals surface area contributed by atoms with Crippen LogP contribution in [0.4, 0.5) is 24.5 Å². The summed E-state index contributed by atoms with van der Waals surface area (Å²) in [5, 5.41) is 9.10.